The van der Waals surface area contributed by atoms with Crippen molar-refractivity contribution in [1.29, 1.82) is 0 Å². The molecule has 0 atom stereocenters. The molecule has 2 rings (SSSR count). The molecule has 2 nitrogen and oxygen atoms in total. The molecule has 0 radical (unpaired) electrons. The van der Waals surface area contributed by atoms with E-state index in [2.05, 4.69) is 25.8 Å². The lowest BCUT2D eigenvalue weighted by Crippen LogP contribution is -2.08. The van der Waals surface area contributed by atoms with Crippen molar-refractivity contribution in [2.75, 3.05) is 0 Å². The third-order valence-corrected chi connectivity index (χ3v) is 2.03. The summed E-state index contributed by atoms with van der Waals surface area (Å²) in [4.78, 5) is 4.22. The van der Waals surface area contributed by atoms with Gasteiger partial charge in [-0.2, -0.15) is 0 Å². The van der Waals surface area contributed by atoms with E-state index in [4.69, 9.17) is 4.42 Å². The van der Waals surface area contributed by atoms with Gasteiger partial charge in [-0.25, -0.2) is 0 Å². The molecule has 2 aromatic heterocycles. The van der Waals surface area contributed by atoms with Crippen molar-refractivity contribution in [3.63, 3.8) is 0 Å². The molecule has 0 bridgehead atoms. The summed E-state index contributed by atoms with van der Waals surface area (Å²) in [5.74, 6) is 0.987. The van der Waals surface area contributed by atoms with Crippen LogP contribution in [0.5, 0.6) is 0 Å². The summed E-state index contributed by atoms with van der Waals surface area (Å²) in [7, 11) is 0. The fourth-order valence-corrected chi connectivity index (χ4v) is 1.24. The topological polar surface area (TPSA) is 26.0 Å². The lowest BCUT2D eigenvalue weighted by atomic mass is 9.93. The van der Waals surface area contributed by atoms with Crippen LogP contribution in [0.3, 0.4) is 0 Å². The molecule has 0 aliphatic heterocycles. The Morgan fingerprint density at radius 3 is 2.69 bits per heavy atom. The van der Waals surface area contributed by atoms with Crippen molar-refractivity contribution in [2.45, 2.75) is 26.2 Å². The van der Waals surface area contributed by atoms with Gasteiger partial charge in [-0.15, -0.1) is 0 Å². The summed E-state index contributed by atoms with van der Waals surface area (Å²) in [6.07, 6.45) is 1.78. The number of hydrogen-bond acceptors (Lipinski definition) is 2. The van der Waals surface area contributed by atoms with E-state index in [-0.39, 0.29) is 5.41 Å². The van der Waals surface area contributed by atoms with Crippen molar-refractivity contribution in [1.82, 2.24) is 4.98 Å². The van der Waals surface area contributed by atoms with Gasteiger partial charge in [-0.3, -0.25) is 4.98 Å². The summed E-state index contributed by atoms with van der Waals surface area (Å²) in [5, 5.41) is 0. The molecule has 0 saturated heterocycles. The lowest BCUT2D eigenvalue weighted by molar-refractivity contribution is 0.430. The van der Waals surface area contributed by atoms with Crippen LogP contribution in [0.25, 0.3) is 11.1 Å². The molecule has 13 heavy (non-hydrogen) atoms. The van der Waals surface area contributed by atoms with Gasteiger partial charge >= 0.3 is 0 Å². The molecule has 0 aliphatic rings. The lowest BCUT2D eigenvalue weighted by Gasteiger charge is -2.13. The second kappa shape index (κ2) is 2.59. The molecule has 0 N–H and O–H groups in total. The Bertz CT molecular complexity index is 390. The monoisotopic (exact) mass is 175 g/mol. The van der Waals surface area contributed by atoms with Crippen molar-refractivity contribution in [3.8, 4) is 0 Å². The van der Waals surface area contributed by atoms with Gasteiger partial charge in [0.2, 0.25) is 0 Å². The second-order valence-electron chi connectivity index (χ2n) is 4.25. The van der Waals surface area contributed by atoms with E-state index >= 15 is 0 Å². The van der Waals surface area contributed by atoms with Crippen molar-refractivity contribution in [2.24, 2.45) is 0 Å². The fourth-order valence-electron chi connectivity index (χ4n) is 1.24. The average molecular weight is 175 g/mol. The first-order valence-electron chi connectivity index (χ1n) is 4.42. The van der Waals surface area contributed by atoms with Crippen molar-refractivity contribution >= 4 is 11.1 Å². The van der Waals surface area contributed by atoms with E-state index in [0.717, 1.165) is 16.9 Å². The number of nitrogens with zero attached hydrogens (tertiary/aromatic N) is 1. The van der Waals surface area contributed by atoms with Gasteiger partial charge in [-0.1, -0.05) is 20.8 Å². The fraction of sp³-hybridized carbons (Fsp3) is 0.364. The number of fused-ring (bicyclic) bond motifs is 1. The molecule has 2 heteroatoms. The van der Waals surface area contributed by atoms with Crippen LogP contribution in [-0.4, -0.2) is 4.98 Å². The third kappa shape index (κ3) is 1.44. The minimum Gasteiger partial charge on any atom is -0.459 e. The van der Waals surface area contributed by atoms with Gasteiger partial charge in [-0.05, 0) is 12.1 Å². The predicted octanol–water partition coefficient (Wildman–Crippen LogP) is 3.13. The van der Waals surface area contributed by atoms with Gasteiger partial charge in [0.15, 0.2) is 5.58 Å². The Kier molecular flexibility index (Phi) is 1.65. The Morgan fingerprint density at radius 2 is 2.08 bits per heavy atom. The number of rotatable bonds is 0. The largest absolute Gasteiger partial charge is 0.459 e. The molecule has 0 unspecified atom stereocenters. The number of hydrogen-bond donors (Lipinski definition) is 0. The standard InChI is InChI=1S/C11H13NO/c1-11(2,3)10-7-8-9(13-10)5-4-6-12-8/h4-7H,1-3H3. The minimum atomic E-state index is 0.0562. The van der Waals surface area contributed by atoms with E-state index in [9.17, 15) is 0 Å². The van der Waals surface area contributed by atoms with Gasteiger partial charge in [0.25, 0.3) is 0 Å². The van der Waals surface area contributed by atoms with Crippen LogP contribution in [0.4, 0.5) is 0 Å². The highest BCUT2D eigenvalue weighted by atomic mass is 16.3. The van der Waals surface area contributed by atoms with Crippen LogP contribution >= 0.6 is 0 Å². The van der Waals surface area contributed by atoms with Crippen molar-refractivity contribution < 1.29 is 4.42 Å². The van der Waals surface area contributed by atoms with Gasteiger partial charge in [0.1, 0.15) is 11.3 Å². The van der Waals surface area contributed by atoms with E-state index in [1.165, 1.54) is 0 Å². The zero-order valence-electron chi connectivity index (χ0n) is 8.16. The minimum absolute atomic E-state index is 0.0562. The summed E-state index contributed by atoms with van der Waals surface area (Å²) in [5.41, 5.74) is 1.86. The van der Waals surface area contributed by atoms with E-state index < -0.39 is 0 Å². The van der Waals surface area contributed by atoms with Crippen LogP contribution < -0.4 is 0 Å². The first-order chi connectivity index (χ1) is 6.07. The molecule has 0 amide bonds. The molecule has 0 spiro atoms. The molecule has 68 valence electrons. The van der Waals surface area contributed by atoms with Crippen LogP contribution in [0.2, 0.25) is 0 Å². The molecular formula is C11H13NO. The summed E-state index contributed by atoms with van der Waals surface area (Å²) in [6.45, 7) is 6.39. The first-order valence-corrected chi connectivity index (χ1v) is 4.42. The summed E-state index contributed by atoms with van der Waals surface area (Å²) in [6, 6.07) is 5.84. The van der Waals surface area contributed by atoms with Gasteiger partial charge < -0.3 is 4.42 Å². The molecular weight excluding hydrogens is 162 g/mol. The van der Waals surface area contributed by atoms with Crippen LogP contribution in [0.15, 0.2) is 28.8 Å². The number of furan rings is 1. The Morgan fingerprint density at radius 1 is 1.31 bits per heavy atom. The molecule has 0 fully saturated rings. The Balaban J connectivity index is 2.63. The van der Waals surface area contributed by atoms with E-state index in [0.29, 0.717) is 0 Å². The average Bonchev–Trinajstić information content (AvgIpc) is 2.45. The van der Waals surface area contributed by atoms with E-state index in [1.54, 1.807) is 6.20 Å². The van der Waals surface area contributed by atoms with Crippen molar-refractivity contribution in [3.05, 3.63) is 30.2 Å². The second-order valence-corrected chi connectivity index (χ2v) is 4.25. The smallest absolute Gasteiger partial charge is 0.152 e. The molecule has 2 aromatic rings. The molecule has 0 aliphatic carbocycles. The first kappa shape index (κ1) is 8.30. The quantitative estimate of drug-likeness (QED) is 0.614. The van der Waals surface area contributed by atoms with Gasteiger partial charge in [0, 0.05) is 17.7 Å². The normalized spacial score (nSPS) is 12.2. The Labute approximate surface area is 77.6 Å². The Hall–Kier alpha value is -1.31. The number of aromatic nitrogens is 1. The van der Waals surface area contributed by atoms with E-state index in [1.807, 2.05) is 18.2 Å². The summed E-state index contributed by atoms with van der Waals surface area (Å²) >= 11 is 0. The zero-order valence-corrected chi connectivity index (χ0v) is 8.16. The van der Waals surface area contributed by atoms with Crippen LogP contribution in [-0.2, 0) is 5.41 Å². The summed E-state index contributed by atoms with van der Waals surface area (Å²) < 4.78 is 5.67. The highest BCUT2D eigenvalue weighted by Crippen LogP contribution is 2.27. The van der Waals surface area contributed by atoms with Gasteiger partial charge in [0.05, 0.1) is 0 Å². The SMILES string of the molecule is CC(C)(C)c1cc2ncccc2o1. The third-order valence-electron chi connectivity index (χ3n) is 2.03. The maximum absolute atomic E-state index is 5.67. The molecule has 0 saturated carbocycles. The highest BCUT2D eigenvalue weighted by molar-refractivity contribution is 5.73. The van der Waals surface area contributed by atoms with Crippen LogP contribution in [0.1, 0.15) is 26.5 Å². The van der Waals surface area contributed by atoms with Crippen LogP contribution in [0, 0.1) is 0 Å². The molecule has 2 heterocycles. The maximum atomic E-state index is 5.67. The molecule has 0 aromatic carbocycles. The highest BCUT2D eigenvalue weighted by Gasteiger charge is 2.18. The zero-order chi connectivity index (χ0) is 9.47. The predicted molar refractivity (Wildman–Crippen MR) is 52.7 cm³/mol. The maximum Gasteiger partial charge on any atom is 0.152 e. The number of pyridine rings is 1.